The van der Waals surface area contributed by atoms with E-state index in [1.54, 1.807) is 6.07 Å². The first-order valence-corrected chi connectivity index (χ1v) is 9.39. The van der Waals surface area contributed by atoms with Crippen molar-refractivity contribution in [2.24, 2.45) is 11.7 Å². The Morgan fingerprint density at radius 2 is 1.73 bits per heavy atom. The van der Waals surface area contributed by atoms with E-state index in [1.807, 2.05) is 12.1 Å². The van der Waals surface area contributed by atoms with Crippen LogP contribution in [0, 0.1) is 0 Å². The highest BCUT2D eigenvalue weighted by Gasteiger charge is 2.42. The van der Waals surface area contributed by atoms with Crippen LogP contribution in [0.1, 0.15) is 68.0 Å². The fourth-order valence-electron chi connectivity index (χ4n) is 3.69. The largest absolute Gasteiger partial charge is 0.506 e. The molecule has 2 aromatic carbocycles. The molecule has 0 spiro atoms. The van der Waals surface area contributed by atoms with Crippen molar-refractivity contribution in [3.63, 3.8) is 0 Å². The zero-order chi connectivity index (χ0) is 21.7. The highest BCUT2D eigenvalue weighted by Crippen LogP contribution is 2.38. The normalized spacial score (nSPS) is 15.7. The smallest absolute Gasteiger partial charge is 0.282 e. The molecule has 1 aromatic heterocycles. The summed E-state index contributed by atoms with van der Waals surface area (Å²) in [6, 6.07) is 11.2. The maximum absolute atomic E-state index is 13.0. The van der Waals surface area contributed by atoms with Crippen LogP contribution >= 0.6 is 0 Å². The molecule has 1 aliphatic carbocycles. The molecule has 0 aliphatic heterocycles. The average molecular weight is 404 g/mol. The van der Waals surface area contributed by atoms with Gasteiger partial charge < -0.3 is 5.11 Å². The summed E-state index contributed by atoms with van der Waals surface area (Å²) in [5.74, 6) is 7.61. The second kappa shape index (κ2) is 7.01. The van der Waals surface area contributed by atoms with Gasteiger partial charge in [0.25, 0.3) is 5.91 Å². The SMILES string of the molecule is CC(C)c1ccc2nc(C3C(=O)c4ccc(C(=O)N(N)N)cc4C3=O)c(O)cc2c1. The summed E-state index contributed by atoms with van der Waals surface area (Å²) in [4.78, 5) is 42.4. The number of rotatable bonds is 3. The lowest BCUT2D eigenvalue weighted by atomic mass is 9.96. The molecule has 152 valence electrons. The van der Waals surface area contributed by atoms with Gasteiger partial charge in [-0.15, -0.1) is 0 Å². The number of amides is 1. The van der Waals surface area contributed by atoms with Gasteiger partial charge in [0.2, 0.25) is 0 Å². The molecule has 0 fully saturated rings. The first-order valence-electron chi connectivity index (χ1n) is 9.39. The van der Waals surface area contributed by atoms with Gasteiger partial charge in [-0.05, 0) is 47.9 Å². The second-order valence-electron chi connectivity index (χ2n) is 7.63. The monoisotopic (exact) mass is 404 g/mol. The third-order valence-corrected chi connectivity index (χ3v) is 5.34. The van der Waals surface area contributed by atoms with Crippen LogP contribution < -0.4 is 11.7 Å². The maximum atomic E-state index is 13.0. The molecule has 1 heterocycles. The Hall–Kier alpha value is -3.62. The predicted molar refractivity (Wildman–Crippen MR) is 110 cm³/mol. The van der Waals surface area contributed by atoms with E-state index < -0.39 is 23.4 Å². The summed E-state index contributed by atoms with van der Waals surface area (Å²) in [5.41, 5.74) is 1.98. The van der Waals surface area contributed by atoms with Crippen molar-refractivity contribution in [1.29, 1.82) is 0 Å². The number of hydrogen-bond donors (Lipinski definition) is 3. The van der Waals surface area contributed by atoms with E-state index in [4.69, 9.17) is 11.7 Å². The number of fused-ring (bicyclic) bond motifs is 2. The molecule has 1 unspecified atom stereocenters. The van der Waals surface area contributed by atoms with Gasteiger partial charge in [0.05, 0.1) is 5.52 Å². The lowest BCUT2D eigenvalue weighted by Gasteiger charge is -2.12. The highest BCUT2D eigenvalue weighted by molar-refractivity contribution is 6.30. The Morgan fingerprint density at radius 1 is 1.03 bits per heavy atom. The summed E-state index contributed by atoms with van der Waals surface area (Å²) in [6.45, 7) is 4.12. The van der Waals surface area contributed by atoms with Crippen molar-refractivity contribution >= 4 is 28.4 Å². The van der Waals surface area contributed by atoms with Gasteiger partial charge in [0.15, 0.2) is 11.6 Å². The summed E-state index contributed by atoms with van der Waals surface area (Å²) < 4.78 is 0. The number of hydrogen-bond acceptors (Lipinski definition) is 7. The molecule has 1 atom stereocenters. The van der Waals surface area contributed by atoms with Crippen molar-refractivity contribution in [2.75, 3.05) is 0 Å². The number of carbonyl (C=O) groups excluding carboxylic acids is 3. The number of hydrazine groups is 2. The van der Waals surface area contributed by atoms with Gasteiger partial charge in [-0.3, -0.25) is 14.4 Å². The maximum Gasteiger partial charge on any atom is 0.282 e. The van der Waals surface area contributed by atoms with E-state index in [0.29, 0.717) is 16.6 Å². The van der Waals surface area contributed by atoms with Crippen molar-refractivity contribution in [1.82, 2.24) is 10.1 Å². The fraction of sp³-hybridized carbons (Fsp3) is 0.182. The van der Waals surface area contributed by atoms with Gasteiger partial charge >= 0.3 is 0 Å². The van der Waals surface area contributed by atoms with Crippen LogP contribution in [0.2, 0.25) is 0 Å². The summed E-state index contributed by atoms with van der Waals surface area (Å²) >= 11 is 0. The lowest BCUT2D eigenvalue weighted by Crippen LogP contribution is -2.43. The number of pyridine rings is 1. The topological polar surface area (TPSA) is 140 Å². The number of aromatic nitrogens is 1. The van der Waals surface area contributed by atoms with E-state index >= 15 is 0 Å². The number of benzene rings is 2. The van der Waals surface area contributed by atoms with Gasteiger partial charge in [-0.1, -0.05) is 19.9 Å². The summed E-state index contributed by atoms with van der Waals surface area (Å²) in [6.07, 6.45) is 0. The molecule has 8 heteroatoms. The van der Waals surface area contributed by atoms with Crippen molar-refractivity contribution in [3.05, 3.63) is 70.4 Å². The molecule has 8 nitrogen and oxygen atoms in total. The van der Waals surface area contributed by atoms with Crippen LogP contribution in [0.3, 0.4) is 0 Å². The fourth-order valence-corrected chi connectivity index (χ4v) is 3.69. The van der Waals surface area contributed by atoms with E-state index in [0.717, 1.165) is 10.9 Å². The molecule has 30 heavy (non-hydrogen) atoms. The Morgan fingerprint density at radius 3 is 2.40 bits per heavy atom. The molecule has 3 aromatic rings. The molecular weight excluding hydrogens is 384 g/mol. The van der Waals surface area contributed by atoms with Crippen LogP contribution in [-0.4, -0.2) is 32.7 Å². The molecule has 0 saturated heterocycles. The minimum Gasteiger partial charge on any atom is -0.506 e. The van der Waals surface area contributed by atoms with Crippen molar-refractivity contribution in [3.8, 4) is 5.75 Å². The van der Waals surface area contributed by atoms with Crippen molar-refractivity contribution < 1.29 is 19.5 Å². The van der Waals surface area contributed by atoms with Crippen LogP contribution in [0.4, 0.5) is 0 Å². The molecule has 1 amide bonds. The third kappa shape index (κ3) is 3.02. The minimum absolute atomic E-state index is 0.00171. The number of aromatic hydroxyl groups is 1. The quantitative estimate of drug-likeness (QED) is 0.264. The lowest BCUT2D eigenvalue weighted by molar-refractivity contribution is 0.0755. The Labute approximate surface area is 172 Å². The second-order valence-corrected chi connectivity index (χ2v) is 7.63. The summed E-state index contributed by atoms with van der Waals surface area (Å²) in [5, 5.41) is 11.7. The Balaban J connectivity index is 1.79. The number of nitrogens with zero attached hydrogens (tertiary/aromatic N) is 2. The zero-order valence-electron chi connectivity index (χ0n) is 16.4. The van der Waals surface area contributed by atoms with Crippen LogP contribution in [0.5, 0.6) is 5.75 Å². The van der Waals surface area contributed by atoms with E-state index in [-0.39, 0.29) is 28.1 Å². The molecule has 0 radical (unpaired) electrons. The highest BCUT2D eigenvalue weighted by atomic mass is 16.3. The number of ketones is 2. The number of Topliss-reactive ketones (excluding diaryl/α,β-unsaturated/α-hetero) is 2. The summed E-state index contributed by atoms with van der Waals surface area (Å²) in [7, 11) is 0. The average Bonchev–Trinajstić information content (AvgIpc) is 2.96. The van der Waals surface area contributed by atoms with E-state index in [9.17, 15) is 19.5 Å². The van der Waals surface area contributed by atoms with Crippen LogP contribution in [-0.2, 0) is 0 Å². The Bertz CT molecular complexity index is 1230. The van der Waals surface area contributed by atoms with Crippen LogP contribution in [0.15, 0.2) is 42.5 Å². The number of nitrogens with two attached hydrogens (primary N) is 2. The number of carbonyl (C=O) groups is 3. The van der Waals surface area contributed by atoms with E-state index in [2.05, 4.69) is 18.8 Å². The van der Waals surface area contributed by atoms with Gasteiger partial charge in [-0.2, -0.15) is 0 Å². The first-order chi connectivity index (χ1) is 14.2. The van der Waals surface area contributed by atoms with Crippen LogP contribution in [0.25, 0.3) is 10.9 Å². The van der Waals surface area contributed by atoms with Crippen molar-refractivity contribution in [2.45, 2.75) is 25.7 Å². The molecule has 1 aliphatic rings. The molecule has 4 rings (SSSR count). The molecule has 5 N–H and O–H groups in total. The molecule has 0 saturated carbocycles. The van der Waals surface area contributed by atoms with E-state index in [1.165, 1.54) is 24.3 Å². The van der Waals surface area contributed by atoms with Gasteiger partial charge in [0, 0.05) is 22.1 Å². The zero-order valence-corrected chi connectivity index (χ0v) is 16.4. The molecule has 0 bridgehead atoms. The standard InChI is InChI=1S/C22H20N4O4/c1-10(2)11-4-6-16-13(7-11)9-17(27)19(25-16)18-20(28)14-5-3-12(22(30)26(23)24)8-15(14)21(18)29/h3-10,18,27H,23-24H2,1-2H3. The molecular formula is C22H20N4O4. The Kier molecular flexibility index (Phi) is 4.60. The third-order valence-electron chi connectivity index (χ3n) is 5.34. The first kappa shape index (κ1) is 19.7. The predicted octanol–water partition coefficient (Wildman–Crippen LogP) is 2.42. The van der Waals surface area contributed by atoms with Gasteiger partial charge in [0.1, 0.15) is 17.4 Å². The minimum atomic E-state index is -1.27. The van der Waals surface area contributed by atoms with Gasteiger partial charge in [-0.25, -0.2) is 21.8 Å².